The molecule has 0 bridgehead atoms. The van der Waals surface area contributed by atoms with Gasteiger partial charge in [-0.25, -0.2) is 9.79 Å². The largest absolute Gasteiger partial charge is 0.378 e. The molecule has 108 valence electrons. The van der Waals surface area contributed by atoms with E-state index in [0.717, 1.165) is 11.4 Å². The molecule has 0 aromatic heterocycles. The molecule has 0 fully saturated rings. The molecule has 0 saturated heterocycles. The Morgan fingerprint density at radius 3 is 2.43 bits per heavy atom. The molecular weight excluding hydrogens is 268 g/mol. The molecule has 0 aliphatic heterocycles. The molecule has 0 spiro atoms. The van der Waals surface area contributed by atoms with Gasteiger partial charge < -0.3 is 16.0 Å². The zero-order valence-corrected chi connectivity index (χ0v) is 11.8. The van der Waals surface area contributed by atoms with E-state index in [1.165, 1.54) is 12.2 Å². The third-order valence-corrected chi connectivity index (χ3v) is 2.85. The molecule has 1 aliphatic rings. The molecule has 0 heterocycles. The van der Waals surface area contributed by atoms with Gasteiger partial charge in [-0.05, 0) is 42.5 Å². The van der Waals surface area contributed by atoms with Crippen molar-refractivity contribution in [1.29, 1.82) is 0 Å². The van der Waals surface area contributed by atoms with Crippen LogP contribution in [0.4, 0.5) is 16.2 Å². The summed E-state index contributed by atoms with van der Waals surface area (Å²) in [4.78, 5) is 28.8. The second-order valence-corrected chi connectivity index (χ2v) is 4.69. The average Bonchev–Trinajstić information content (AvgIpc) is 2.42. The number of ketones is 1. The number of hydrogen-bond donors (Lipinski definition) is 2. The number of benzene rings is 1. The summed E-state index contributed by atoms with van der Waals surface area (Å²) in [6, 6.07) is 6.87. The van der Waals surface area contributed by atoms with Crippen molar-refractivity contribution in [2.45, 2.75) is 0 Å². The molecule has 6 nitrogen and oxygen atoms in total. The van der Waals surface area contributed by atoms with Gasteiger partial charge in [0.15, 0.2) is 0 Å². The Balaban J connectivity index is 2.24. The molecule has 0 saturated carbocycles. The highest BCUT2D eigenvalue weighted by atomic mass is 16.2. The second-order valence-electron chi connectivity index (χ2n) is 4.69. The first-order chi connectivity index (χ1) is 9.95. The van der Waals surface area contributed by atoms with Crippen LogP contribution in [0.2, 0.25) is 0 Å². The first-order valence-corrected chi connectivity index (χ1v) is 6.32. The number of allylic oxidation sites excluding steroid dienone is 3. The van der Waals surface area contributed by atoms with Crippen LogP contribution in [-0.4, -0.2) is 31.6 Å². The smallest absolute Gasteiger partial charge is 0.316 e. The van der Waals surface area contributed by atoms with E-state index >= 15 is 0 Å². The number of hydrogen-bond acceptors (Lipinski definition) is 4. The zero-order chi connectivity index (χ0) is 15.4. The first-order valence-electron chi connectivity index (χ1n) is 6.32. The van der Waals surface area contributed by atoms with Gasteiger partial charge >= 0.3 is 6.03 Å². The van der Waals surface area contributed by atoms with E-state index in [1.807, 2.05) is 43.3 Å². The van der Waals surface area contributed by atoms with Gasteiger partial charge in [0.2, 0.25) is 5.78 Å². The van der Waals surface area contributed by atoms with Gasteiger partial charge in [-0.1, -0.05) is 0 Å². The van der Waals surface area contributed by atoms with E-state index < -0.39 is 6.03 Å². The van der Waals surface area contributed by atoms with Crippen molar-refractivity contribution < 1.29 is 9.59 Å². The molecule has 1 aromatic carbocycles. The van der Waals surface area contributed by atoms with E-state index in [-0.39, 0.29) is 11.5 Å². The average molecular weight is 284 g/mol. The fraction of sp³-hybridized carbons (Fsp3) is 0.133. The highest BCUT2D eigenvalue weighted by Gasteiger charge is 2.13. The van der Waals surface area contributed by atoms with Gasteiger partial charge in [0.25, 0.3) is 0 Å². The first kappa shape index (κ1) is 14.5. The predicted molar refractivity (Wildman–Crippen MR) is 82.8 cm³/mol. The van der Waals surface area contributed by atoms with Crippen LogP contribution in [0, 0.1) is 0 Å². The van der Waals surface area contributed by atoms with Crippen molar-refractivity contribution in [2.75, 3.05) is 19.0 Å². The highest BCUT2D eigenvalue weighted by molar-refractivity contribution is 6.20. The lowest BCUT2D eigenvalue weighted by molar-refractivity contribution is -0.111. The molecule has 1 aromatic rings. The highest BCUT2D eigenvalue weighted by Crippen LogP contribution is 2.19. The molecule has 3 N–H and O–H groups in total. The monoisotopic (exact) mass is 284 g/mol. The van der Waals surface area contributed by atoms with Crippen LogP contribution < -0.4 is 16.0 Å². The molecule has 0 atom stereocenters. The predicted octanol–water partition coefficient (Wildman–Crippen LogP) is 1.52. The van der Waals surface area contributed by atoms with Crippen molar-refractivity contribution in [3.63, 3.8) is 0 Å². The lowest BCUT2D eigenvalue weighted by atomic mass is 10.1. The topological polar surface area (TPSA) is 87.8 Å². The molecule has 6 heteroatoms. The molecule has 0 radical (unpaired) electrons. The number of nitrogens with two attached hydrogens (primary N) is 1. The van der Waals surface area contributed by atoms with Crippen LogP contribution in [0.25, 0.3) is 0 Å². The second kappa shape index (κ2) is 6.04. The minimum Gasteiger partial charge on any atom is -0.378 e. The van der Waals surface area contributed by atoms with E-state index in [4.69, 9.17) is 5.73 Å². The third kappa shape index (κ3) is 3.79. The Morgan fingerprint density at radius 2 is 1.86 bits per heavy atom. The maximum absolute atomic E-state index is 11.6. The Morgan fingerprint density at radius 1 is 1.19 bits per heavy atom. The maximum Gasteiger partial charge on any atom is 0.316 e. The van der Waals surface area contributed by atoms with Gasteiger partial charge in [-0.3, -0.25) is 4.79 Å². The van der Waals surface area contributed by atoms with Gasteiger partial charge in [0, 0.05) is 19.8 Å². The Kier molecular flexibility index (Phi) is 4.18. The summed E-state index contributed by atoms with van der Waals surface area (Å²) in [5, 5.41) is 2.28. The molecular formula is C15H16N4O2. The third-order valence-electron chi connectivity index (χ3n) is 2.85. The Bertz CT molecular complexity index is 655. The number of anilines is 1. The number of aliphatic imine (C=N–C) groups is 1. The molecule has 21 heavy (non-hydrogen) atoms. The van der Waals surface area contributed by atoms with Crippen molar-refractivity contribution in [3.8, 4) is 0 Å². The molecule has 1 aliphatic carbocycles. The zero-order valence-electron chi connectivity index (χ0n) is 11.8. The fourth-order valence-electron chi connectivity index (χ4n) is 1.79. The quantitative estimate of drug-likeness (QED) is 0.825. The van der Waals surface area contributed by atoms with Crippen LogP contribution in [0.15, 0.2) is 53.2 Å². The van der Waals surface area contributed by atoms with Crippen molar-refractivity contribution in [3.05, 3.63) is 48.2 Å². The van der Waals surface area contributed by atoms with Crippen molar-refractivity contribution >= 4 is 28.9 Å². The summed E-state index contributed by atoms with van der Waals surface area (Å²) >= 11 is 0. The molecule has 0 unspecified atom stereocenters. The number of nitrogens with zero attached hydrogens (tertiary/aromatic N) is 2. The van der Waals surface area contributed by atoms with E-state index in [9.17, 15) is 9.59 Å². The SMILES string of the molecule is CN(C)c1ccc(N=C2C=CC(=O)C(NC(N)=O)=C2)cc1. The van der Waals surface area contributed by atoms with Crippen molar-refractivity contribution in [1.82, 2.24) is 5.32 Å². The number of carbonyl (C=O) groups excluding carboxylic acids is 2. The van der Waals surface area contributed by atoms with E-state index in [2.05, 4.69) is 10.3 Å². The number of amides is 2. The van der Waals surface area contributed by atoms with Gasteiger partial charge in [-0.2, -0.15) is 0 Å². The van der Waals surface area contributed by atoms with Crippen LogP contribution in [0.3, 0.4) is 0 Å². The van der Waals surface area contributed by atoms with Crippen LogP contribution in [0.1, 0.15) is 0 Å². The standard InChI is InChI=1S/C15H16N4O2/c1-19(2)12-6-3-10(4-7-12)17-11-5-8-14(20)13(9-11)18-15(16)21/h3-9H,1-2H3,(H3,16,18,21). The minimum absolute atomic E-state index is 0.119. The lowest BCUT2D eigenvalue weighted by Gasteiger charge is -2.12. The van der Waals surface area contributed by atoms with Gasteiger partial charge in [0.05, 0.1) is 17.1 Å². The van der Waals surface area contributed by atoms with Gasteiger partial charge in [-0.15, -0.1) is 0 Å². The summed E-state index contributed by atoms with van der Waals surface area (Å²) in [5.74, 6) is -0.310. The number of primary amides is 1. The summed E-state index contributed by atoms with van der Waals surface area (Å²) in [6.07, 6.45) is 4.43. The van der Waals surface area contributed by atoms with Crippen LogP contribution >= 0.6 is 0 Å². The summed E-state index contributed by atoms with van der Waals surface area (Å²) in [7, 11) is 3.92. The van der Waals surface area contributed by atoms with Crippen LogP contribution in [-0.2, 0) is 4.79 Å². The minimum atomic E-state index is -0.778. The lowest BCUT2D eigenvalue weighted by Crippen LogP contribution is -2.32. The number of nitrogens with one attached hydrogen (secondary N) is 1. The Labute approximate surface area is 122 Å². The normalized spacial score (nSPS) is 15.8. The summed E-state index contributed by atoms with van der Waals surface area (Å²) in [5.41, 5.74) is 7.52. The van der Waals surface area contributed by atoms with E-state index in [0.29, 0.717) is 5.71 Å². The van der Waals surface area contributed by atoms with Crippen molar-refractivity contribution in [2.24, 2.45) is 10.7 Å². The van der Waals surface area contributed by atoms with Gasteiger partial charge in [0.1, 0.15) is 0 Å². The molecule has 2 rings (SSSR count). The fourth-order valence-corrected chi connectivity index (χ4v) is 1.79. The van der Waals surface area contributed by atoms with Crippen LogP contribution in [0.5, 0.6) is 0 Å². The number of urea groups is 1. The Hall–Kier alpha value is -2.89. The maximum atomic E-state index is 11.6. The molecule has 2 amide bonds. The summed E-state index contributed by atoms with van der Waals surface area (Å²) < 4.78 is 0. The van der Waals surface area contributed by atoms with E-state index in [1.54, 1.807) is 6.08 Å². The number of carbonyl (C=O) groups is 2. The summed E-state index contributed by atoms with van der Waals surface area (Å²) in [6.45, 7) is 0. The number of rotatable bonds is 3.